The molecule has 0 aromatic heterocycles. The second-order valence-electron chi connectivity index (χ2n) is 3.82. The largest absolute Gasteiger partial charge is 0.467 e. The fraction of sp³-hybridized carbons (Fsp3) is 0.417. The summed E-state index contributed by atoms with van der Waals surface area (Å²) in [6, 6.07) is 3.63. The third-order valence-corrected chi connectivity index (χ3v) is 3.96. The van der Waals surface area contributed by atoms with Gasteiger partial charge in [0.15, 0.2) is 0 Å². The molecule has 0 aliphatic heterocycles. The van der Waals surface area contributed by atoms with Gasteiger partial charge < -0.3 is 15.2 Å². The molecule has 0 saturated heterocycles. The van der Waals surface area contributed by atoms with Crippen molar-refractivity contribution >= 4 is 37.8 Å². The summed E-state index contributed by atoms with van der Waals surface area (Å²) >= 11 is 6.93. The van der Waals surface area contributed by atoms with E-state index in [2.05, 4.69) is 36.6 Å². The van der Waals surface area contributed by atoms with Crippen molar-refractivity contribution in [3.8, 4) is 0 Å². The molecule has 1 aromatic carbocycles. The van der Waals surface area contributed by atoms with Gasteiger partial charge >= 0.3 is 5.97 Å². The van der Waals surface area contributed by atoms with E-state index in [4.69, 9.17) is 10.5 Å². The van der Waals surface area contributed by atoms with E-state index in [1.54, 1.807) is 0 Å². The molecule has 0 fully saturated rings. The van der Waals surface area contributed by atoms with Crippen LogP contribution in [0.25, 0.3) is 0 Å². The predicted octanol–water partition coefficient (Wildman–Crippen LogP) is 2.71. The van der Waals surface area contributed by atoms with Crippen LogP contribution >= 0.6 is 31.9 Å². The SMILES string of the molecule is COC(=O)COCC(N)c1cc(Br)c(C)cc1Br. The first-order valence-corrected chi connectivity index (χ1v) is 6.90. The highest BCUT2D eigenvalue weighted by atomic mass is 79.9. The number of benzene rings is 1. The average Bonchev–Trinajstić information content (AvgIpc) is 2.33. The molecule has 1 aromatic rings. The molecule has 0 spiro atoms. The molecule has 0 aliphatic carbocycles. The van der Waals surface area contributed by atoms with Crippen molar-refractivity contribution in [2.75, 3.05) is 20.3 Å². The van der Waals surface area contributed by atoms with Gasteiger partial charge in [-0.2, -0.15) is 0 Å². The number of nitrogens with two attached hydrogens (primary N) is 1. The second-order valence-corrected chi connectivity index (χ2v) is 5.53. The smallest absolute Gasteiger partial charge is 0.331 e. The summed E-state index contributed by atoms with van der Waals surface area (Å²) in [5, 5.41) is 0. The highest BCUT2D eigenvalue weighted by Gasteiger charge is 2.13. The lowest BCUT2D eigenvalue weighted by molar-refractivity contribution is -0.146. The third-order valence-electron chi connectivity index (χ3n) is 2.42. The maximum Gasteiger partial charge on any atom is 0.331 e. The fourth-order valence-electron chi connectivity index (χ4n) is 1.36. The van der Waals surface area contributed by atoms with Crippen molar-refractivity contribution in [2.24, 2.45) is 5.73 Å². The molecular weight excluding hydrogens is 366 g/mol. The van der Waals surface area contributed by atoms with E-state index in [9.17, 15) is 4.79 Å². The second kappa shape index (κ2) is 7.23. The van der Waals surface area contributed by atoms with Crippen molar-refractivity contribution in [2.45, 2.75) is 13.0 Å². The Hall–Kier alpha value is -0.430. The number of hydrogen-bond donors (Lipinski definition) is 1. The molecule has 0 radical (unpaired) electrons. The zero-order valence-electron chi connectivity index (χ0n) is 10.2. The van der Waals surface area contributed by atoms with Gasteiger partial charge in [-0.05, 0) is 30.2 Å². The van der Waals surface area contributed by atoms with Crippen molar-refractivity contribution in [1.29, 1.82) is 0 Å². The molecule has 0 heterocycles. The van der Waals surface area contributed by atoms with Crippen molar-refractivity contribution in [3.05, 3.63) is 32.2 Å². The molecule has 2 N–H and O–H groups in total. The Balaban J connectivity index is 2.64. The van der Waals surface area contributed by atoms with E-state index in [0.29, 0.717) is 0 Å². The Labute approximate surface area is 123 Å². The summed E-state index contributed by atoms with van der Waals surface area (Å²) in [4.78, 5) is 10.9. The van der Waals surface area contributed by atoms with Gasteiger partial charge in [-0.15, -0.1) is 0 Å². The number of carbonyl (C=O) groups excluding carboxylic acids is 1. The fourth-order valence-corrected chi connectivity index (χ4v) is 2.48. The molecule has 0 aliphatic rings. The lowest BCUT2D eigenvalue weighted by Crippen LogP contribution is -2.20. The number of aryl methyl sites for hydroxylation is 1. The first kappa shape index (κ1) is 15.6. The minimum Gasteiger partial charge on any atom is -0.467 e. The number of methoxy groups -OCH3 is 1. The maximum absolute atomic E-state index is 10.9. The summed E-state index contributed by atoms with van der Waals surface area (Å²) in [7, 11) is 1.32. The summed E-state index contributed by atoms with van der Waals surface area (Å²) in [6.07, 6.45) is 0. The average molecular weight is 381 g/mol. The maximum atomic E-state index is 10.9. The van der Waals surface area contributed by atoms with Gasteiger partial charge in [-0.3, -0.25) is 0 Å². The minimum atomic E-state index is -0.411. The van der Waals surface area contributed by atoms with E-state index in [0.717, 1.165) is 20.1 Å². The quantitative estimate of drug-likeness (QED) is 0.797. The summed E-state index contributed by atoms with van der Waals surface area (Å²) in [5.74, 6) is -0.411. The number of halogens is 2. The highest BCUT2D eigenvalue weighted by molar-refractivity contribution is 9.11. The van der Waals surface area contributed by atoms with Crippen molar-refractivity contribution in [3.63, 3.8) is 0 Å². The molecule has 0 saturated carbocycles. The molecule has 1 rings (SSSR count). The van der Waals surface area contributed by atoms with Crippen LogP contribution in [0.2, 0.25) is 0 Å². The van der Waals surface area contributed by atoms with E-state index in [-0.39, 0.29) is 19.3 Å². The molecule has 0 amide bonds. The van der Waals surface area contributed by atoms with Gasteiger partial charge in [0, 0.05) is 8.95 Å². The molecule has 4 nitrogen and oxygen atoms in total. The van der Waals surface area contributed by atoms with Crippen LogP contribution in [0.5, 0.6) is 0 Å². The molecule has 1 atom stereocenters. The molecular formula is C12H15Br2NO3. The zero-order chi connectivity index (χ0) is 13.7. The van der Waals surface area contributed by atoms with Gasteiger partial charge in [0.25, 0.3) is 0 Å². The number of esters is 1. The van der Waals surface area contributed by atoms with E-state index in [1.807, 2.05) is 19.1 Å². The summed E-state index contributed by atoms with van der Waals surface area (Å²) in [6.45, 7) is 2.16. The number of hydrogen-bond acceptors (Lipinski definition) is 4. The van der Waals surface area contributed by atoms with Gasteiger partial charge in [0.1, 0.15) is 6.61 Å². The lowest BCUT2D eigenvalue weighted by atomic mass is 10.1. The topological polar surface area (TPSA) is 61.5 Å². The van der Waals surface area contributed by atoms with Crippen molar-refractivity contribution < 1.29 is 14.3 Å². The highest BCUT2D eigenvalue weighted by Crippen LogP contribution is 2.28. The van der Waals surface area contributed by atoms with Crippen LogP contribution in [-0.4, -0.2) is 26.3 Å². The molecule has 1 unspecified atom stereocenters. The van der Waals surface area contributed by atoms with Crippen LogP contribution in [-0.2, 0) is 14.3 Å². The Morgan fingerprint density at radius 1 is 1.39 bits per heavy atom. The summed E-state index contributed by atoms with van der Waals surface area (Å²) < 4.78 is 11.6. The molecule has 100 valence electrons. The van der Waals surface area contributed by atoms with Crippen LogP contribution in [0.3, 0.4) is 0 Å². The standard InChI is InChI=1S/C12H15Br2NO3/c1-7-3-10(14)8(4-9(7)13)11(15)5-18-6-12(16)17-2/h3-4,11H,5-6,15H2,1-2H3. The number of carbonyl (C=O) groups is 1. The Morgan fingerprint density at radius 2 is 2.06 bits per heavy atom. The van der Waals surface area contributed by atoms with Gasteiger partial charge in [0.05, 0.1) is 19.8 Å². The Kier molecular flexibility index (Phi) is 6.28. The molecule has 0 bridgehead atoms. The monoisotopic (exact) mass is 379 g/mol. The predicted molar refractivity (Wildman–Crippen MR) is 76.3 cm³/mol. The van der Waals surface area contributed by atoms with E-state index < -0.39 is 5.97 Å². The normalized spacial score (nSPS) is 12.3. The van der Waals surface area contributed by atoms with E-state index >= 15 is 0 Å². The van der Waals surface area contributed by atoms with Gasteiger partial charge in [-0.25, -0.2) is 4.79 Å². The van der Waals surface area contributed by atoms with E-state index in [1.165, 1.54) is 7.11 Å². The van der Waals surface area contributed by atoms with Crippen LogP contribution in [0.1, 0.15) is 17.2 Å². The van der Waals surface area contributed by atoms with Gasteiger partial charge in [-0.1, -0.05) is 31.9 Å². The lowest BCUT2D eigenvalue weighted by Gasteiger charge is -2.15. The minimum absolute atomic E-state index is 0.0884. The van der Waals surface area contributed by atoms with Crippen LogP contribution in [0.15, 0.2) is 21.1 Å². The first-order valence-electron chi connectivity index (χ1n) is 5.31. The molecule has 6 heteroatoms. The van der Waals surface area contributed by atoms with Crippen molar-refractivity contribution in [1.82, 2.24) is 0 Å². The number of ether oxygens (including phenoxy) is 2. The van der Waals surface area contributed by atoms with Crippen LogP contribution in [0.4, 0.5) is 0 Å². The Bertz CT molecular complexity index is 438. The molecule has 18 heavy (non-hydrogen) atoms. The van der Waals surface area contributed by atoms with Crippen LogP contribution in [0, 0.1) is 6.92 Å². The third kappa shape index (κ3) is 4.35. The van der Waals surface area contributed by atoms with Crippen LogP contribution < -0.4 is 5.73 Å². The Morgan fingerprint density at radius 3 is 2.67 bits per heavy atom. The first-order chi connectivity index (χ1) is 8.45. The zero-order valence-corrected chi connectivity index (χ0v) is 13.4. The number of rotatable bonds is 5. The summed E-state index contributed by atoms with van der Waals surface area (Å²) in [5.41, 5.74) is 8.06. The van der Waals surface area contributed by atoms with Gasteiger partial charge in [0.2, 0.25) is 0 Å².